The lowest BCUT2D eigenvalue weighted by molar-refractivity contribution is 0.640. The number of hydrogen-bond acceptors (Lipinski definition) is 3. The van der Waals surface area contributed by atoms with Gasteiger partial charge in [-0.25, -0.2) is 0 Å². The highest BCUT2D eigenvalue weighted by atomic mass is 32.2. The van der Waals surface area contributed by atoms with Gasteiger partial charge in [-0.3, -0.25) is 0 Å². The molecular weight excluding hydrogens is 240 g/mol. The van der Waals surface area contributed by atoms with Gasteiger partial charge in [0.05, 0.1) is 0 Å². The van der Waals surface area contributed by atoms with E-state index in [1.165, 1.54) is 35.5 Å². The van der Waals surface area contributed by atoms with Crippen LogP contribution in [0.5, 0.6) is 0 Å². The zero-order chi connectivity index (χ0) is 13.1. The van der Waals surface area contributed by atoms with E-state index in [2.05, 4.69) is 43.2 Å². The van der Waals surface area contributed by atoms with E-state index in [0.717, 1.165) is 5.92 Å². The van der Waals surface area contributed by atoms with Crippen LogP contribution in [-0.4, -0.2) is 18.8 Å². The maximum absolute atomic E-state index is 5.97. The van der Waals surface area contributed by atoms with Crippen LogP contribution in [0.15, 0.2) is 23.1 Å². The molecule has 0 spiro atoms. The topological polar surface area (TPSA) is 29.3 Å². The number of rotatable bonds is 6. The van der Waals surface area contributed by atoms with Crippen molar-refractivity contribution >= 4 is 17.4 Å². The minimum Gasteiger partial charge on any atom is -0.369 e. The number of nitrogens with two attached hydrogens (primary N) is 1. The van der Waals surface area contributed by atoms with Gasteiger partial charge in [0.1, 0.15) is 0 Å². The van der Waals surface area contributed by atoms with E-state index in [0.29, 0.717) is 12.6 Å². The van der Waals surface area contributed by atoms with Crippen LogP contribution in [0, 0.1) is 5.92 Å². The summed E-state index contributed by atoms with van der Waals surface area (Å²) in [7, 11) is 0. The number of thioether (sulfide) groups is 1. The summed E-state index contributed by atoms with van der Waals surface area (Å²) in [5.41, 5.74) is 8.62. The van der Waals surface area contributed by atoms with Gasteiger partial charge in [0.2, 0.25) is 0 Å². The highest BCUT2D eigenvalue weighted by molar-refractivity contribution is 7.98. The van der Waals surface area contributed by atoms with E-state index < -0.39 is 0 Å². The fourth-order valence-electron chi connectivity index (χ4n) is 2.39. The van der Waals surface area contributed by atoms with Crippen molar-refractivity contribution in [3.63, 3.8) is 0 Å². The van der Waals surface area contributed by atoms with Gasteiger partial charge in [0.15, 0.2) is 0 Å². The smallest absolute Gasteiger partial charge is 0.0425 e. The quantitative estimate of drug-likeness (QED) is 0.798. The molecule has 2 rings (SSSR count). The third kappa shape index (κ3) is 3.01. The second-order valence-electron chi connectivity index (χ2n) is 5.35. The molecular formula is C15H24N2S. The monoisotopic (exact) mass is 264 g/mol. The maximum atomic E-state index is 5.97. The Bertz CT molecular complexity index is 399. The van der Waals surface area contributed by atoms with E-state index in [1.807, 2.05) is 0 Å². The van der Waals surface area contributed by atoms with Crippen LogP contribution in [0.2, 0.25) is 0 Å². The molecule has 2 N–H and O–H groups in total. The lowest BCUT2D eigenvalue weighted by Gasteiger charge is -2.31. The van der Waals surface area contributed by atoms with Crippen LogP contribution in [0.4, 0.5) is 5.69 Å². The second kappa shape index (κ2) is 5.98. The molecule has 18 heavy (non-hydrogen) atoms. The van der Waals surface area contributed by atoms with E-state index in [9.17, 15) is 0 Å². The van der Waals surface area contributed by atoms with Gasteiger partial charge >= 0.3 is 0 Å². The zero-order valence-corrected chi connectivity index (χ0v) is 12.5. The van der Waals surface area contributed by atoms with Gasteiger partial charge < -0.3 is 10.6 Å². The van der Waals surface area contributed by atoms with Gasteiger partial charge in [0.25, 0.3) is 0 Å². The normalized spacial score (nSPS) is 15.2. The Morgan fingerprint density at radius 2 is 2.11 bits per heavy atom. The molecule has 0 aromatic heterocycles. The molecule has 1 aliphatic carbocycles. The van der Waals surface area contributed by atoms with E-state index >= 15 is 0 Å². The minimum absolute atomic E-state index is 0.535. The highest BCUT2D eigenvalue weighted by Crippen LogP contribution is 2.35. The first-order chi connectivity index (χ1) is 8.67. The molecule has 0 unspecified atom stereocenters. The van der Waals surface area contributed by atoms with Gasteiger partial charge in [-0.15, -0.1) is 11.8 Å². The average Bonchev–Trinajstić information content (AvgIpc) is 3.18. The lowest BCUT2D eigenvalue weighted by Crippen LogP contribution is -2.33. The Balaban J connectivity index is 2.32. The first-order valence-corrected chi connectivity index (χ1v) is 8.02. The SMILES string of the molecule is CSc1cccc(N(CC2CC2)C(C)C)c1CN. The summed E-state index contributed by atoms with van der Waals surface area (Å²) in [4.78, 5) is 3.84. The Morgan fingerprint density at radius 3 is 2.61 bits per heavy atom. The molecule has 0 aliphatic heterocycles. The Labute approximate surface area is 115 Å². The van der Waals surface area contributed by atoms with Crippen molar-refractivity contribution in [3.05, 3.63) is 23.8 Å². The van der Waals surface area contributed by atoms with Crippen molar-refractivity contribution in [2.45, 2.75) is 44.2 Å². The Hall–Kier alpha value is -0.670. The van der Waals surface area contributed by atoms with Crippen molar-refractivity contribution < 1.29 is 0 Å². The molecule has 0 heterocycles. The van der Waals surface area contributed by atoms with Gasteiger partial charge in [-0.1, -0.05) is 6.07 Å². The molecule has 100 valence electrons. The number of nitrogens with zero attached hydrogens (tertiary/aromatic N) is 1. The summed E-state index contributed by atoms with van der Waals surface area (Å²) in [6, 6.07) is 7.09. The number of anilines is 1. The van der Waals surface area contributed by atoms with E-state index in [1.54, 1.807) is 11.8 Å². The fraction of sp³-hybridized carbons (Fsp3) is 0.600. The molecule has 2 nitrogen and oxygen atoms in total. The van der Waals surface area contributed by atoms with Crippen molar-refractivity contribution in [1.82, 2.24) is 0 Å². The van der Waals surface area contributed by atoms with Crippen molar-refractivity contribution in [2.75, 3.05) is 17.7 Å². The first kappa shape index (κ1) is 13.8. The zero-order valence-electron chi connectivity index (χ0n) is 11.6. The fourth-order valence-corrected chi connectivity index (χ4v) is 3.03. The minimum atomic E-state index is 0.535. The van der Waals surface area contributed by atoms with Crippen LogP contribution in [0.25, 0.3) is 0 Å². The molecule has 1 aliphatic rings. The third-order valence-electron chi connectivity index (χ3n) is 3.62. The predicted octanol–water partition coefficient (Wildman–Crippen LogP) is 3.49. The summed E-state index contributed by atoms with van der Waals surface area (Å²) in [6.07, 6.45) is 4.91. The third-order valence-corrected chi connectivity index (χ3v) is 4.44. The largest absolute Gasteiger partial charge is 0.369 e. The summed E-state index contributed by atoms with van der Waals surface area (Å²) >= 11 is 1.79. The van der Waals surface area contributed by atoms with Crippen LogP contribution in [0.3, 0.4) is 0 Å². The van der Waals surface area contributed by atoms with Gasteiger partial charge in [-0.2, -0.15) is 0 Å². The van der Waals surface area contributed by atoms with Crippen LogP contribution in [0.1, 0.15) is 32.3 Å². The van der Waals surface area contributed by atoms with Crippen LogP contribution < -0.4 is 10.6 Å². The maximum Gasteiger partial charge on any atom is 0.0425 e. The van der Waals surface area contributed by atoms with Gasteiger partial charge in [0, 0.05) is 35.3 Å². The molecule has 0 amide bonds. The Kier molecular flexibility index (Phi) is 4.57. The predicted molar refractivity (Wildman–Crippen MR) is 81.3 cm³/mol. The van der Waals surface area contributed by atoms with Crippen molar-refractivity contribution in [1.29, 1.82) is 0 Å². The second-order valence-corrected chi connectivity index (χ2v) is 6.20. The van der Waals surface area contributed by atoms with Crippen molar-refractivity contribution in [2.24, 2.45) is 11.7 Å². The molecule has 0 radical (unpaired) electrons. The number of hydrogen-bond donors (Lipinski definition) is 1. The van der Waals surface area contributed by atoms with Crippen LogP contribution in [-0.2, 0) is 6.54 Å². The van der Waals surface area contributed by atoms with Crippen molar-refractivity contribution in [3.8, 4) is 0 Å². The molecule has 1 fully saturated rings. The molecule has 0 bridgehead atoms. The van der Waals surface area contributed by atoms with Gasteiger partial charge in [-0.05, 0) is 51.0 Å². The molecule has 1 aromatic rings. The standard InChI is InChI=1S/C15H24N2S/c1-11(2)17(10-12-7-8-12)14-5-4-6-15(18-3)13(14)9-16/h4-6,11-12H,7-10,16H2,1-3H3. The molecule has 1 aromatic carbocycles. The summed E-state index contributed by atoms with van der Waals surface area (Å²) < 4.78 is 0. The molecule has 3 heteroatoms. The highest BCUT2D eigenvalue weighted by Gasteiger charge is 2.26. The van der Waals surface area contributed by atoms with E-state index in [4.69, 9.17) is 5.73 Å². The lowest BCUT2D eigenvalue weighted by atomic mass is 10.1. The molecule has 1 saturated carbocycles. The number of benzene rings is 1. The summed E-state index contributed by atoms with van der Waals surface area (Å²) in [6.45, 7) is 6.35. The molecule has 0 saturated heterocycles. The molecule has 0 atom stereocenters. The van der Waals surface area contributed by atoms with Crippen LogP contribution >= 0.6 is 11.8 Å². The average molecular weight is 264 g/mol. The Morgan fingerprint density at radius 1 is 1.39 bits per heavy atom. The first-order valence-electron chi connectivity index (χ1n) is 6.80. The summed E-state index contributed by atoms with van der Waals surface area (Å²) in [5.74, 6) is 0.899. The van der Waals surface area contributed by atoms with E-state index in [-0.39, 0.29) is 0 Å². The summed E-state index contributed by atoms with van der Waals surface area (Å²) in [5, 5.41) is 0.